The lowest BCUT2D eigenvalue weighted by Crippen LogP contribution is -2.16. The van der Waals surface area contributed by atoms with Crippen molar-refractivity contribution >= 4 is 27.8 Å². The van der Waals surface area contributed by atoms with Crippen LogP contribution < -0.4 is 4.90 Å². The Morgan fingerprint density at radius 2 is 0.839 bits per heavy atom. The van der Waals surface area contributed by atoms with Crippen molar-refractivity contribution in [1.82, 2.24) is 0 Å². The Bertz CT molecular complexity index is 2880. The van der Waals surface area contributed by atoms with E-state index in [2.05, 4.69) is 231 Å². The SMILES string of the molecule is CC1(C)c2ccccc2-c2ccc(N(c3ccc(-c4cccc(-c5ccccc5)c4)cc3)c3ccccc3-c3cccc(-c4cccc5ccccc45)c3)cc21. The molecule has 1 heteroatoms. The quantitative estimate of drug-likeness (QED) is 0.159. The highest BCUT2D eigenvalue weighted by molar-refractivity contribution is 5.98. The summed E-state index contributed by atoms with van der Waals surface area (Å²) in [4.78, 5) is 2.45. The second-order valence-corrected chi connectivity index (χ2v) is 15.4. The molecule has 0 fully saturated rings. The monoisotopic (exact) mass is 715 g/mol. The minimum Gasteiger partial charge on any atom is -0.310 e. The van der Waals surface area contributed by atoms with Gasteiger partial charge in [-0.05, 0) is 114 Å². The lowest BCUT2D eigenvalue weighted by Gasteiger charge is -2.30. The van der Waals surface area contributed by atoms with E-state index in [1.807, 2.05) is 0 Å². The van der Waals surface area contributed by atoms with Crippen molar-refractivity contribution in [2.45, 2.75) is 19.3 Å². The third kappa shape index (κ3) is 5.81. The molecule has 0 N–H and O–H groups in total. The summed E-state index contributed by atoms with van der Waals surface area (Å²) in [6, 6.07) is 77.6. The molecule has 0 radical (unpaired) electrons. The first-order valence-corrected chi connectivity index (χ1v) is 19.5. The number of para-hydroxylation sites is 1. The molecule has 0 aliphatic heterocycles. The van der Waals surface area contributed by atoms with E-state index in [4.69, 9.17) is 0 Å². The molecular weight excluding hydrogens is 675 g/mol. The minimum atomic E-state index is -0.118. The molecule has 1 aliphatic rings. The molecule has 0 heterocycles. The van der Waals surface area contributed by atoms with Crippen LogP contribution in [0.3, 0.4) is 0 Å². The largest absolute Gasteiger partial charge is 0.310 e. The van der Waals surface area contributed by atoms with Gasteiger partial charge < -0.3 is 4.90 Å². The predicted molar refractivity (Wildman–Crippen MR) is 238 cm³/mol. The van der Waals surface area contributed by atoms with Crippen LogP contribution in [0.25, 0.3) is 66.4 Å². The Labute approximate surface area is 329 Å². The second-order valence-electron chi connectivity index (χ2n) is 15.4. The maximum absolute atomic E-state index is 2.45. The van der Waals surface area contributed by atoms with Crippen molar-refractivity contribution in [3.05, 3.63) is 223 Å². The van der Waals surface area contributed by atoms with Gasteiger partial charge in [0.15, 0.2) is 0 Å². The highest BCUT2D eigenvalue weighted by atomic mass is 15.1. The van der Waals surface area contributed by atoms with E-state index >= 15 is 0 Å². The van der Waals surface area contributed by atoms with Crippen LogP contribution in [0, 0.1) is 0 Å². The Kier molecular flexibility index (Phi) is 8.23. The van der Waals surface area contributed by atoms with Gasteiger partial charge in [0.25, 0.3) is 0 Å². The summed E-state index contributed by atoms with van der Waals surface area (Å²) in [5, 5.41) is 2.51. The number of benzene rings is 9. The van der Waals surface area contributed by atoms with Gasteiger partial charge in [0.1, 0.15) is 0 Å². The van der Waals surface area contributed by atoms with Gasteiger partial charge in [-0.1, -0.05) is 184 Å². The van der Waals surface area contributed by atoms with E-state index < -0.39 is 0 Å². The van der Waals surface area contributed by atoms with E-state index in [1.54, 1.807) is 0 Å². The number of nitrogens with zero attached hydrogens (tertiary/aromatic N) is 1. The summed E-state index contributed by atoms with van der Waals surface area (Å²) in [5.41, 5.74) is 18.3. The molecule has 0 saturated carbocycles. The molecule has 0 atom stereocenters. The van der Waals surface area contributed by atoms with Gasteiger partial charge in [-0.25, -0.2) is 0 Å². The normalized spacial score (nSPS) is 12.6. The van der Waals surface area contributed by atoms with E-state index in [1.165, 1.54) is 77.5 Å². The first-order valence-electron chi connectivity index (χ1n) is 19.5. The Morgan fingerprint density at radius 1 is 0.321 bits per heavy atom. The lowest BCUT2D eigenvalue weighted by atomic mass is 9.82. The molecule has 0 bridgehead atoms. The second kappa shape index (κ2) is 13.7. The van der Waals surface area contributed by atoms with Crippen LogP contribution in [0.5, 0.6) is 0 Å². The third-order valence-corrected chi connectivity index (χ3v) is 11.7. The molecule has 0 saturated heterocycles. The standard InChI is InChI=1S/C55H41N/c1-55(2)52-27-10-8-25-50(52)51-34-33-46(37-53(51)55)56(45-31-29-39(30-32-45)42-20-12-19-41(35-42)38-15-4-3-5-16-38)54-28-11-9-24-49(54)44-22-13-21-43(36-44)48-26-14-18-40-17-6-7-23-47(40)48/h3-37H,1-2H3. The van der Waals surface area contributed by atoms with Gasteiger partial charge in [-0.3, -0.25) is 0 Å². The van der Waals surface area contributed by atoms with Gasteiger partial charge in [0.05, 0.1) is 5.69 Å². The number of anilines is 3. The zero-order valence-corrected chi connectivity index (χ0v) is 31.7. The third-order valence-electron chi connectivity index (χ3n) is 11.7. The van der Waals surface area contributed by atoms with Gasteiger partial charge in [0, 0.05) is 22.4 Å². The summed E-state index contributed by atoms with van der Waals surface area (Å²) >= 11 is 0. The van der Waals surface area contributed by atoms with Gasteiger partial charge in [-0.2, -0.15) is 0 Å². The van der Waals surface area contributed by atoms with E-state index in [-0.39, 0.29) is 5.41 Å². The fraction of sp³-hybridized carbons (Fsp3) is 0.0545. The van der Waals surface area contributed by atoms with E-state index in [0.717, 1.165) is 17.1 Å². The summed E-state index contributed by atoms with van der Waals surface area (Å²) < 4.78 is 0. The zero-order chi connectivity index (χ0) is 37.6. The summed E-state index contributed by atoms with van der Waals surface area (Å²) in [6.45, 7) is 4.72. The van der Waals surface area contributed by atoms with Crippen molar-refractivity contribution in [2.75, 3.05) is 4.90 Å². The molecule has 9 aromatic carbocycles. The molecular formula is C55H41N. The molecule has 1 nitrogen and oxygen atoms in total. The van der Waals surface area contributed by atoms with Gasteiger partial charge in [-0.15, -0.1) is 0 Å². The van der Waals surface area contributed by atoms with E-state index in [0.29, 0.717) is 0 Å². The van der Waals surface area contributed by atoms with Crippen molar-refractivity contribution in [3.63, 3.8) is 0 Å². The first kappa shape index (κ1) is 33.6. The zero-order valence-electron chi connectivity index (χ0n) is 31.7. The highest BCUT2D eigenvalue weighted by Crippen LogP contribution is 2.51. The number of rotatable bonds is 7. The smallest absolute Gasteiger partial charge is 0.0540 e. The van der Waals surface area contributed by atoms with Crippen LogP contribution in [0.15, 0.2) is 212 Å². The van der Waals surface area contributed by atoms with Crippen LogP contribution in [0.2, 0.25) is 0 Å². The Morgan fingerprint density at radius 3 is 1.64 bits per heavy atom. The fourth-order valence-corrected chi connectivity index (χ4v) is 8.81. The average molecular weight is 716 g/mol. The van der Waals surface area contributed by atoms with Crippen LogP contribution >= 0.6 is 0 Å². The van der Waals surface area contributed by atoms with Crippen LogP contribution in [-0.2, 0) is 5.41 Å². The molecule has 0 aromatic heterocycles. The molecule has 266 valence electrons. The molecule has 0 amide bonds. The fourth-order valence-electron chi connectivity index (χ4n) is 8.81. The lowest BCUT2D eigenvalue weighted by molar-refractivity contribution is 0.660. The summed E-state index contributed by atoms with van der Waals surface area (Å²) in [6.07, 6.45) is 0. The van der Waals surface area contributed by atoms with Gasteiger partial charge >= 0.3 is 0 Å². The first-order chi connectivity index (χ1) is 27.5. The molecule has 10 rings (SSSR count). The Balaban J connectivity index is 1.11. The minimum absolute atomic E-state index is 0.118. The maximum atomic E-state index is 2.45. The average Bonchev–Trinajstić information content (AvgIpc) is 3.49. The summed E-state index contributed by atoms with van der Waals surface area (Å²) in [7, 11) is 0. The van der Waals surface area contributed by atoms with Crippen molar-refractivity contribution < 1.29 is 0 Å². The summed E-state index contributed by atoms with van der Waals surface area (Å²) in [5.74, 6) is 0. The number of hydrogen-bond donors (Lipinski definition) is 0. The molecule has 56 heavy (non-hydrogen) atoms. The number of hydrogen-bond acceptors (Lipinski definition) is 1. The van der Waals surface area contributed by atoms with Crippen LogP contribution in [-0.4, -0.2) is 0 Å². The molecule has 0 unspecified atom stereocenters. The maximum Gasteiger partial charge on any atom is 0.0540 e. The van der Waals surface area contributed by atoms with Crippen molar-refractivity contribution in [3.8, 4) is 55.6 Å². The van der Waals surface area contributed by atoms with Crippen LogP contribution in [0.4, 0.5) is 17.1 Å². The highest BCUT2D eigenvalue weighted by Gasteiger charge is 2.35. The molecule has 1 aliphatic carbocycles. The number of fused-ring (bicyclic) bond motifs is 4. The molecule has 0 spiro atoms. The van der Waals surface area contributed by atoms with Crippen molar-refractivity contribution in [1.29, 1.82) is 0 Å². The van der Waals surface area contributed by atoms with Crippen molar-refractivity contribution in [2.24, 2.45) is 0 Å². The Hall–Kier alpha value is -6.96. The molecule has 9 aromatic rings. The predicted octanol–water partition coefficient (Wildman–Crippen LogP) is 15.3. The van der Waals surface area contributed by atoms with Crippen LogP contribution in [0.1, 0.15) is 25.0 Å². The van der Waals surface area contributed by atoms with Gasteiger partial charge in [0.2, 0.25) is 0 Å². The topological polar surface area (TPSA) is 3.24 Å². The van der Waals surface area contributed by atoms with E-state index in [9.17, 15) is 0 Å².